The van der Waals surface area contributed by atoms with Gasteiger partial charge in [0, 0.05) is 19.2 Å². The van der Waals surface area contributed by atoms with Crippen LogP contribution >= 0.6 is 0 Å². The van der Waals surface area contributed by atoms with Crippen LogP contribution in [0.25, 0.3) is 0 Å². The summed E-state index contributed by atoms with van der Waals surface area (Å²) in [7, 11) is 0. The van der Waals surface area contributed by atoms with Crippen molar-refractivity contribution < 1.29 is 9.53 Å². The van der Waals surface area contributed by atoms with Crippen LogP contribution in [-0.4, -0.2) is 45.5 Å². The highest BCUT2D eigenvalue weighted by Gasteiger charge is 2.35. The minimum Gasteiger partial charge on any atom is -0.367 e. The van der Waals surface area contributed by atoms with E-state index in [9.17, 15) is 4.79 Å². The molecule has 6 nitrogen and oxygen atoms in total. The molecule has 0 bridgehead atoms. The number of benzene rings is 1. The van der Waals surface area contributed by atoms with E-state index in [4.69, 9.17) is 4.74 Å². The van der Waals surface area contributed by atoms with Crippen LogP contribution in [0.1, 0.15) is 18.9 Å². The van der Waals surface area contributed by atoms with Crippen molar-refractivity contribution in [2.24, 2.45) is 0 Å². The molecule has 1 aliphatic rings. The first kappa shape index (κ1) is 14.7. The number of aryl methyl sites for hydroxylation is 1. The van der Waals surface area contributed by atoms with Crippen molar-refractivity contribution in [2.75, 3.05) is 19.7 Å². The normalized spacial score (nSPS) is 21.8. The third-order valence-electron chi connectivity index (χ3n) is 4.04. The predicted molar refractivity (Wildman–Crippen MR) is 81.0 cm³/mol. The maximum absolute atomic E-state index is 12.4. The fraction of sp³-hybridized carbons (Fsp3) is 0.438. The summed E-state index contributed by atoms with van der Waals surface area (Å²) in [6.45, 7) is 4.36. The van der Waals surface area contributed by atoms with Gasteiger partial charge in [0.25, 0.3) is 0 Å². The molecule has 3 rings (SSSR count). The Bertz CT molecular complexity index is 614. The molecule has 0 N–H and O–H groups in total. The summed E-state index contributed by atoms with van der Waals surface area (Å²) in [6.07, 6.45) is 3.81. The molecule has 1 aromatic carbocycles. The van der Waals surface area contributed by atoms with Crippen LogP contribution in [-0.2, 0) is 21.7 Å². The molecule has 1 aromatic heterocycles. The van der Waals surface area contributed by atoms with Crippen LogP contribution in [0.4, 0.5) is 0 Å². The summed E-state index contributed by atoms with van der Waals surface area (Å²) < 4.78 is 7.64. The molecule has 1 unspecified atom stereocenters. The van der Waals surface area contributed by atoms with Crippen molar-refractivity contribution in [1.82, 2.24) is 19.9 Å². The summed E-state index contributed by atoms with van der Waals surface area (Å²) >= 11 is 0. The number of nitrogens with zero attached hydrogens (tertiary/aromatic N) is 4. The second-order valence-corrected chi connectivity index (χ2v) is 5.68. The lowest BCUT2D eigenvalue weighted by molar-refractivity contribution is -0.149. The monoisotopic (exact) mass is 300 g/mol. The third kappa shape index (κ3) is 3.17. The first-order valence-electron chi connectivity index (χ1n) is 7.49. The Morgan fingerprint density at radius 1 is 1.36 bits per heavy atom. The largest absolute Gasteiger partial charge is 0.367 e. The highest BCUT2D eigenvalue weighted by molar-refractivity contribution is 5.76. The molecule has 2 aromatic rings. The maximum Gasteiger partial charge on any atom is 0.224 e. The van der Waals surface area contributed by atoms with E-state index in [1.807, 2.05) is 42.2 Å². The Kier molecular flexibility index (Phi) is 4.20. The zero-order chi connectivity index (χ0) is 15.4. The van der Waals surface area contributed by atoms with E-state index < -0.39 is 5.60 Å². The lowest BCUT2D eigenvalue weighted by Crippen LogP contribution is -2.50. The van der Waals surface area contributed by atoms with Gasteiger partial charge in [-0.3, -0.25) is 9.48 Å². The Morgan fingerprint density at radius 2 is 2.18 bits per heavy atom. The number of hydrogen-bond acceptors (Lipinski definition) is 4. The molecule has 22 heavy (non-hydrogen) atoms. The number of rotatable bonds is 4. The molecule has 6 heteroatoms. The second kappa shape index (κ2) is 6.27. The van der Waals surface area contributed by atoms with E-state index in [0.717, 1.165) is 5.56 Å². The molecule has 0 aliphatic carbocycles. The number of carbonyl (C=O) groups excluding carboxylic acids is 1. The van der Waals surface area contributed by atoms with Crippen LogP contribution in [0.5, 0.6) is 0 Å². The quantitative estimate of drug-likeness (QED) is 0.857. The zero-order valence-corrected chi connectivity index (χ0v) is 12.7. The molecule has 116 valence electrons. The lowest BCUT2D eigenvalue weighted by atomic mass is 9.94. The van der Waals surface area contributed by atoms with Gasteiger partial charge in [-0.1, -0.05) is 35.5 Å². The van der Waals surface area contributed by atoms with Crippen LogP contribution < -0.4 is 0 Å². The SMILES string of the molecule is CC1(c2ccccc2)CN(C(=O)CCn2ccnn2)CCO1. The molecule has 1 atom stereocenters. The Morgan fingerprint density at radius 3 is 2.91 bits per heavy atom. The lowest BCUT2D eigenvalue weighted by Gasteiger charge is -2.41. The number of hydrogen-bond donors (Lipinski definition) is 0. The molecule has 0 saturated carbocycles. The third-order valence-corrected chi connectivity index (χ3v) is 4.04. The first-order chi connectivity index (χ1) is 10.7. The molecule has 1 amide bonds. The standard InChI is InChI=1S/C16H20N4O2/c1-16(14-5-3-2-4-6-14)13-19(11-12-22-16)15(21)7-9-20-10-8-17-18-20/h2-6,8,10H,7,9,11-13H2,1H3. The van der Waals surface area contributed by atoms with Gasteiger partial charge in [0.1, 0.15) is 5.60 Å². The average Bonchev–Trinajstić information content (AvgIpc) is 3.07. The maximum atomic E-state index is 12.4. The Balaban J connectivity index is 1.63. The highest BCUT2D eigenvalue weighted by atomic mass is 16.5. The second-order valence-electron chi connectivity index (χ2n) is 5.68. The number of morpholine rings is 1. The summed E-state index contributed by atoms with van der Waals surface area (Å²) in [4.78, 5) is 14.3. The molecule has 1 fully saturated rings. The van der Waals surface area contributed by atoms with Crippen LogP contribution in [0.2, 0.25) is 0 Å². The van der Waals surface area contributed by atoms with E-state index in [0.29, 0.717) is 32.7 Å². The van der Waals surface area contributed by atoms with Crippen LogP contribution in [0.15, 0.2) is 42.7 Å². The van der Waals surface area contributed by atoms with Crippen molar-refractivity contribution in [3.63, 3.8) is 0 Å². The number of carbonyl (C=O) groups is 1. The smallest absolute Gasteiger partial charge is 0.224 e. The highest BCUT2D eigenvalue weighted by Crippen LogP contribution is 2.29. The van der Waals surface area contributed by atoms with Gasteiger partial charge in [-0.05, 0) is 12.5 Å². The van der Waals surface area contributed by atoms with Crippen molar-refractivity contribution in [2.45, 2.75) is 25.5 Å². The zero-order valence-electron chi connectivity index (χ0n) is 12.7. The molecular weight excluding hydrogens is 280 g/mol. The summed E-state index contributed by atoms with van der Waals surface area (Å²) in [6, 6.07) is 10.1. The first-order valence-corrected chi connectivity index (χ1v) is 7.49. The topological polar surface area (TPSA) is 60.2 Å². The summed E-state index contributed by atoms with van der Waals surface area (Å²) in [5.41, 5.74) is 0.659. The number of ether oxygens (including phenoxy) is 1. The molecule has 1 saturated heterocycles. The molecular formula is C16H20N4O2. The van der Waals surface area contributed by atoms with Gasteiger partial charge in [0.15, 0.2) is 0 Å². The van der Waals surface area contributed by atoms with Crippen molar-refractivity contribution in [3.8, 4) is 0 Å². The fourth-order valence-electron chi connectivity index (χ4n) is 2.77. The van der Waals surface area contributed by atoms with Gasteiger partial charge in [0.2, 0.25) is 5.91 Å². The molecule has 0 radical (unpaired) electrons. The van der Waals surface area contributed by atoms with Crippen molar-refractivity contribution in [1.29, 1.82) is 0 Å². The summed E-state index contributed by atoms with van der Waals surface area (Å²) in [5.74, 6) is 0.126. The van der Waals surface area contributed by atoms with Gasteiger partial charge >= 0.3 is 0 Å². The molecule has 0 spiro atoms. The summed E-state index contributed by atoms with van der Waals surface area (Å²) in [5, 5.41) is 7.62. The van der Waals surface area contributed by atoms with E-state index in [1.165, 1.54) is 0 Å². The molecule has 1 aliphatic heterocycles. The van der Waals surface area contributed by atoms with E-state index in [1.54, 1.807) is 17.1 Å². The Labute approximate surface area is 129 Å². The minimum atomic E-state index is -0.442. The number of aromatic nitrogens is 3. The van der Waals surface area contributed by atoms with E-state index in [2.05, 4.69) is 10.3 Å². The van der Waals surface area contributed by atoms with Gasteiger partial charge in [0.05, 0.1) is 25.9 Å². The van der Waals surface area contributed by atoms with Crippen LogP contribution in [0.3, 0.4) is 0 Å². The molecule has 2 heterocycles. The Hall–Kier alpha value is -2.21. The van der Waals surface area contributed by atoms with Gasteiger partial charge in [-0.25, -0.2) is 0 Å². The van der Waals surface area contributed by atoms with E-state index >= 15 is 0 Å². The predicted octanol–water partition coefficient (Wildman–Crippen LogP) is 1.44. The average molecular weight is 300 g/mol. The number of amides is 1. The fourth-order valence-corrected chi connectivity index (χ4v) is 2.77. The van der Waals surface area contributed by atoms with Gasteiger partial charge in [-0.2, -0.15) is 0 Å². The van der Waals surface area contributed by atoms with E-state index in [-0.39, 0.29) is 5.91 Å². The minimum absolute atomic E-state index is 0.126. The van der Waals surface area contributed by atoms with Gasteiger partial charge in [-0.15, -0.1) is 5.10 Å². The van der Waals surface area contributed by atoms with Crippen molar-refractivity contribution >= 4 is 5.91 Å². The van der Waals surface area contributed by atoms with Crippen LogP contribution in [0, 0.1) is 0 Å². The van der Waals surface area contributed by atoms with Crippen molar-refractivity contribution in [3.05, 3.63) is 48.3 Å². The van der Waals surface area contributed by atoms with Gasteiger partial charge < -0.3 is 9.64 Å².